The summed E-state index contributed by atoms with van der Waals surface area (Å²) in [4.78, 5) is 12.1. The van der Waals surface area contributed by atoms with Gasteiger partial charge >= 0.3 is 0 Å². The predicted octanol–water partition coefficient (Wildman–Crippen LogP) is 1.85. The topological polar surface area (TPSA) is 81.2 Å². The van der Waals surface area contributed by atoms with E-state index >= 15 is 0 Å². The van der Waals surface area contributed by atoms with Crippen molar-refractivity contribution in [3.8, 4) is 11.8 Å². The number of carbonyl (C=O) groups excluding carboxylic acids is 1. The van der Waals surface area contributed by atoms with Crippen LogP contribution in [0.1, 0.15) is 27.2 Å². The molecule has 3 N–H and O–H groups in total. The quantitative estimate of drug-likeness (QED) is 0.815. The van der Waals surface area contributed by atoms with E-state index in [4.69, 9.17) is 10.3 Å². The smallest absolute Gasteiger partial charge is 0.256 e. The van der Waals surface area contributed by atoms with E-state index in [1.54, 1.807) is 31.2 Å². The Morgan fingerprint density at radius 1 is 1.40 bits per heavy atom. The van der Waals surface area contributed by atoms with Gasteiger partial charge in [0.15, 0.2) is 5.82 Å². The summed E-state index contributed by atoms with van der Waals surface area (Å²) in [6, 6.07) is 6.96. The second-order valence-corrected chi connectivity index (χ2v) is 4.31. The lowest BCUT2D eigenvalue weighted by atomic mass is 10.0. The van der Waals surface area contributed by atoms with Gasteiger partial charge in [-0.25, -0.2) is 0 Å². The first-order valence-corrected chi connectivity index (χ1v) is 6.14. The minimum absolute atomic E-state index is 0.236. The number of nitrogens with two attached hydrogens (primary N) is 1. The molecule has 0 radical (unpaired) electrons. The van der Waals surface area contributed by atoms with Crippen molar-refractivity contribution in [2.75, 3.05) is 11.9 Å². The minimum Gasteiger partial charge on any atom is -0.360 e. The van der Waals surface area contributed by atoms with Gasteiger partial charge in [-0.3, -0.25) is 4.79 Å². The molecule has 1 amide bonds. The van der Waals surface area contributed by atoms with Gasteiger partial charge in [0, 0.05) is 17.2 Å². The number of rotatable bonds is 2. The SMILES string of the molecule is Cc1cc(NC(=O)c2ccc(C#CCN)c(C)c2)no1. The van der Waals surface area contributed by atoms with Gasteiger partial charge in [-0.2, -0.15) is 0 Å². The summed E-state index contributed by atoms with van der Waals surface area (Å²) >= 11 is 0. The van der Waals surface area contributed by atoms with Gasteiger partial charge in [0.05, 0.1) is 6.54 Å². The van der Waals surface area contributed by atoms with E-state index in [1.165, 1.54) is 0 Å². The fraction of sp³-hybridized carbons (Fsp3) is 0.200. The van der Waals surface area contributed by atoms with Crippen LogP contribution in [-0.4, -0.2) is 17.6 Å². The number of anilines is 1. The highest BCUT2D eigenvalue weighted by molar-refractivity contribution is 6.03. The maximum Gasteiger partial charge on any atom is 0.256 e. The van der Waals surface area contributed by atoms with Gasteiger partial charge in [0.1, 0.15) is 5.76 Å². The molecule has 1 aromatic heterocycles. The van der Waals surface area contributed by atoms with Crippen LogP contribution >= 0.6 is 0 Å². The molecule has 5 nitrogen and oxygen atoms in total. The third kappa shape index (κ3) is 3.25. The summed E-state index contributed by atoms with van der Waals surface area (Å²) in [6.45, 7) is 3.97. The van der Waals surface area contributed by atoms with Crippen molar-refractivity contribution in [1.29, 1.82) is 0 Å². The first-order valence-electron chi connectivity index (χ1n) is 6.14. The van der Waals surface area contributed by atoms with Crippen molar-refractivity contribution in [1.82, 2.24) is 5.16 Å². The molecule has 20 heavy (non-hydrogen) atoms. The first-order chi connectivity index (χ1) is 9.60. The molecule has 0 spiro atoms. The van der Waals surface area contributed by atoms with Crippen molar-refractivity contribution >= 4 is 11.7 Å². The summed E-state index contributed by atoms with van der Waals surface area (Å²) in [6.07, 6.45) is 0. The van der Waals surface area contributed by atoms with E-state index in [2.05, 4.69) is 22.3 Å². The molecule has 1 heterocycles. The van der Waals surface area contributed by atoms with Crippen LogP contribution in [-0.2, 0) is 0 Å². The van der Waals surface area contributed by atoms with Gasteiger partial charge in [0.2, 0.25) is 0 Å². The van der Waals surface area contributed by atoms with Gasteiger partial charge in [-0.15, -0.1) is 0 Å². The molecule has 0 saturated carbocycles. The predicted molar refractivity (Wildman–Crippen MR) is 76.3 cm³/mol. The Hall–Kier alpha value is -2.58. The molecule has 0 aliphatic rings. The van der Waals surface area contributed by atoms with Crippen LogP contribution in [0.25, 0.3) is 0 Å². The molecular weight excluding hydrogens is 254 g/mol. The van der Waals surface area contributed by atoms with E-state index in [1.807, 2.05) is 6.92 Å². The van der Waals surface area contributed by atoms with Crippen LogP contribution in [0.5, 0.6) is 0 Å². The van der Waals surface area contributed by atoms with Crippen molar-refractivity contribution in [3.63, 3.8) is 0 Å². The molecule has 0 saturated heterocycles. The van der Waals surface area contributed by atoms with Gasteiger partial charge < -0.3 is 15.6 Å². The normalized spacial score (nSPS) is 9.75. The highest BCUT2D eigenvalue weighted by atomic mass is 16.5. The van der Waals surface area contributed by atoms with Gasteiger partial charge in [-0.1, -0.05) is 17.0 Å². The zero-order valence-corrected chi connectivity index (χ0v) is 11.4. The van der Waals surface area contributed by atoms with Crippen molar-refractivity contribution in [2.45, 2.75) is 13.8 Å². The Bertz CT molecular complexity index is 693. The average Bonchev–Trinajstić information content (AvgIpc) is 2.82. The van der Waals surface area contributed by atoms with E-state index in [9.17, 15) is 4.79 Å². The number of carbonyl (C=O) groups is 1. The molecule has 0 fully saturated rings. The van der Waals surface area contributed by atoms with Crippen molar-refractivity contribution < 1.29 is 9.32 Å². The Kier molecular flexibility index (Phi) is 4.18. The van der Waals surface area contributed by atoms with Crippen LogP contribution < -0.4 is 11.1 Å². The fourth-order valence-electron chi connectivity index (χ4n) is 1.71. The number of aromatic nitrogens is 1. The second kappa shape index (κ2) is 6.04. The van der Waals surface area contributed by atoms with Gasteiger partial charge in [0.25, 0.3) is 5.91 Å². The largest absolute Gasteiger partial charge is 0.360 e. The average molecular weight is 269 g/mol. The second-order valence-electron chi connectivity index (χ2n) is 4.31. The number of aryl methyl sites for hydroxylation is 2. The summed E-state index contributed by atoms with van der Waals surface area (Å²) in [7, 11) is 0. The maximum atomic E-state index is 12.1. The van der Waals surface area contributed by atoms with Crippen LogP contribution in [0, 0.1) is 25.7 Å². The maximum absolute atomic E-state index is 12.1. The summed E-state index contributed by atoms with van der Waals surface area (Å²) in [5.41, 5.74) is 7.67. The lowest BCUT2D eigenvalue weighted by molar-refractivity contribution is 0.102. The molecule has 2 rings (SSSR count). The Balaban J connectivity index is 2.16. The van der Waals surface area contributed by atoms with E-state index in [-0.39, 0.29) is 5.91 Å². The van der Waals surface area contributed by atoms with Crippen molar-refractivity contribution in [2.24, 2.45) is 5.73 Å². The molecule has 2 aromatic rings. The van der Waals surface area contributed by atoms with E-state index in [0.717, 1.165) is 11.1 Å². The highest BCUT2D eigenvalue weighted by Gasteiger charge is 2.09. The minimum atomic E-state index is -0.236. The summed E-state index contributed by atoms with van der Waals surface area (Å²) in [5.74, 6) is 6.56. The summed E-state index contributed by atoms with van der Waals surface area (Å²) in [5, 5.41) is 6.39. The Morgan fingerprint density at radius 2 is 2.20 bits per heavy atom. The molecule has 0 aliphatic carbocycles. The third-order valence-corrected chi connectivity index (χ3v) is 2.68. The number of nitrogens with one attached hydrogen (secondary N) is 1. The molecule has 5 heteroatoms. The van der Waals surface area contributed by atoms with E-state index in [0.29, 0.717) is 23.7 Å². The third-order valence-electron chi connectivity index (χ3n) is 2.68. The van der Waals surface area contributed by atoms with Crippen LogP contribution in [0.4, 0.5) is 5.82 Å². The molecule has 0 atom stereocenters. The number of hydrogen-bond donors (Lipinski definition) is 2. The highest BCUT2D eigenvalue weighted by Crippen LogP contribution is 2.13. The Morgan fingerprint density at radius 3 is 2.80 bits per heavy atom. The lowest BCUT2D eigenvalue weighted by Crippen LogP contribution is -2.12. The van der Waals surface area contributed by atoms with Gasteiger partial charge in [-0.05, 0) is 37.6 Å². The van der Waals surface area contributed by atoms with Crippen LogP contribution in [0.3, 0.4) is 0 Å². The molecule has 1 aromatic carbocycles. The van der Waals surface area contributed by atoms with Crippen molar-refractivity contribution in [3.05, 3.63) is 46.7 Å². The standard InChI is InChI=1S/C15H15N3O2/c1-10-8-13(6-5-12(10)4-3-7-16)15(19)17-14-9-11(2)20-18-14/h5-6,8-9H,7,16H2,1-2H3,(H,17,18,19). The first kappa shape index (κ1) is 13.8. The molecule has 0 unspecified atom stereocenters. The molecule has 0 aliphatic heterocycles. The molecule has 102 valence electrons. The number of hydrogen-bond acceptors (Lipinski definition) is 4. The number of amides is 1. The number of nitrogens with zero attached hydrogens (tertiary/aromatic N) is 1. The van der Waals surface area contributed by atoms with E-state index < -0.39 is 0 Å². The Labute approximate surface area is 117 Å². The molecule has 0 bridgehead atoms. The zero-order valence-electron chi connectivity index (χ0n) is 11.4. The fourth-order valence-corrected chi connectivity index (χ4v) is 1.71. The zero-order chi connectivity index (χ0) is 14.5. The molecular formula is C15H15N3O2. The van der Waals surface area contributed by atoms with Crippen LogP contribution in [0.15, 0.2) is 28.8 Å². The number of benzene rings is 1. The monoisotopic (exact) mass is 269 g/mol. The van der Waals surface area contributed by atoms with Crippen LogP contribution in [0.2, 0.25) is 0 Å². The lowest BCUT2D eigenvalue weighted by Gasteiger charge is -2.04. The summed E-state index contributed by atoms with van der Waals surface area (Å²) < 4.78 is 4.89.